The van der Waals surface area contributed by atoms with Gasteiger partial charge in [0.1, 0.15) is 5.82 Å². The second-order valence-electron chi connectivity index (χ2n) is 5.17. The molecule has 0 N–H and O–H groups in total. The fourth-order valence-electron chi connectivity index (χ4n) is 2.76. The molecule has 0 unspecified atom stereocenters. The van der Waals surface area contributed by atoms with Crippen molar-refractivity contribution in [1.82, 2.24) is 9.55 Å². The minimum Gasteiger partial charge on any atom is -0.292 e. The molecule has 19 heavy (non-hydrogen) atoms. The minimum atomic E-state index is 0.158. The predicted molar refractivity (Wildman–Crippen MR) is 75.4 cm³/mol. The Kier molecular flexibility index (Phi) is 3.20. The summed E-state index contributed by atoms with van der Waals surface area (Å²) in [6, 6.07) is 10.1. The molecule has 1 aromatic carbocycles. The molecule has 0 bridgehead atoms. The van der Waals surface area contributed by atoms with E-state index in [1.807, 2.05) is 37.3 Å². The van der Waals surface area contributed by atoms with E-state index >= 15 is 0 Å². The van der Waals surface area contributed by atoms with Crippen LogP contribution in [0.2, 0.25) is 0 Å². The number of hydrogen-bond donors (Lipinski definition) is 0. The van der Waals surface area contributed by atoms with Gasteiger partial charge >= 0.3 is 0 Å². The molecule has 2 aromatic rings. The molecular weight excluding hydrogens is 236 g/mol. The van der Waals surface area contributed by atoms with Crippen LogP contribution in [0, 0.1) is 6.92 Å². The molecule has 0 aliphatic heterocycles. The van der Waals surface area contributed by atoms with Crippen molar-refractivity contribution in [3.8, 4) is 0 Å². The molecule has 0 fully saturated rings. The molecule has 3 heteroatoms. The lowest BCUT2D eigenvalue weighted by Crippen LogP contribution is -2.30. The Morgan fingerprint density at radius 3 is 2.68 bits per heavy atom. The first-order valence-corrected chi connectivity index (χ1v) is 6.89. The summed E-state index contributed by atoms with van der Waals surface area (Å²) in [5, 5.41) is 0. The Morgan fingerprint density at radius 1 is 1.16 bits per heavy atom. The molecule has 1 heterocycles. The van der Waals surface area contributed by atoms with Gasteiger partial charge in [0.2, 0.25) is 0 Å². The highest BCUT2D eigenvalue weighted by Gasteiger charge is 2.17. The zero-order valence-electron chi connectivity index (χ0n) is 11.2. The van der Waals surface area contributed by atoms with Crippen LogP contribution in [0.5, 0.6) is 0 Å². The topological polar surface area (TPSA) is 34.9 Å². The van der Waals surface area contributed by atoms with Gasteiger partial charge < -0.3 is 0 Å². The number of aromatic nitrogens is 2. The third kappa shape index (κ3) is 2.33. The van der Waals surface area contributed by atoms with Crippen LogP contribution in [0.3, 0.4) is 0 Å². The summed E-state index contributed by atoms with van der Waals surface area (Å²) in [7, 11) is 0. The van der Waals surface area contributed by atoms with Gasteiger partial charge in [-0.1, -0.05) is 30.3 Å². The first kappa shape index (κ1) is 12.2. The molecule has 0 spiro atoms. The smallest absolute Gasteiger partial charge is 0.257 e. The normalized spacial score (nSPS) is 14.2. The summed E-state index contributed by atoms with van der Waals surface area (Å²) in [5.41, 5.74) is 3.27. The van der Waals surface area contributed by atoms with Crippen LogP contribution in [0.25, 0.3) is 0 Å². The highest BCUT2D eigenvalue weighted by Crippen LogP contribution is 2.16. The number of rotatable bonds is 2. The van der Waals surface area contributed by atoms with Gasteiger partial charge in [0.25, 0.3) is 5.56 Å². The Bertz CT molecular complexity index is 644. The van der Waals surface area contributed by atoms with Crippen LogP contribution in [-0.2, 0) is 19.4 Å². The van der Waals surface area contributed by atoms with Gasteiger partial charge in [-0.3, -0.25) is 9.36 Å². The second kappa shape index (κ2) is 5.00. The predicted octanol–water partition coefficient (Wildman–Crippen LogP) is 2.48. The van der Waals surface area contributed by atoms with Gasteiger partial charge in [0.15, 0.2) is 0 Å². The molecule has 1 aromatic heterocycles. The van der Waals surface area contributed by atoms with Gasteiger partial charge in [-0.15, -0.1) is 0 Å². The number of hydrogen-bond acceptors (Lipinski definition) is 2. The van der Waals surface area contributed by atoms with Crippen molar-refractivity contribution < 1.29 is 0 Å². The van der Waals surface area contributed by atoms with Gasteiger partial charge in [-0.25, -0.2) is 4.98 Å². The van der Waals surface area contributed by atoms with Crippen molar-refractivity contribution in [1.29, 1.82) is 0 Å². The monoisotopic (exact) mass is 254 g/mol. The number of aryl methyl sites for hydroxylation is 2. The van der Waals surface area contributed by atoms with Crippen molar-refractivity contribution in [3.63, 3.8) is 0 Å². The maximum absolute atomic E-state index is 12.6. The maximum Gasteiger partial charge on any atom is 0.257 e. The van der Waals surface area contributed by atoms with Crippen LogP contribution in [0.15, 0.2) is 35.1 Å². The fraction of sp³-hybridized carbons (Fsp3) is 0.375. The van der Waals surface area contributed by atoms with Crippen molar-refractivity contribution >= 4 is 0 Å². The Labute approximate surface area is 112 Å². The van der Waals surface area contributed by atoms with E-state index in [4.69, 9.17) is 0 Å². The molecular formula is C16H18N2O. The summed E-state index contributed by atoms with van der Waals surface area (Å²) in [5.74, 6) is 0.828. The third-order valence-corrected chi connectivity index (χ3v) is 3.81. The average Bonchev–Trinajstić information content (AvgIpc) is 2.45. The van der Waals surface area contributed by atoms with Gasteiger partial charge in [-0.05, 0) is 38.2 Å². The average molecular weight is 254 g/mol. The van der Waals surface area contributed by atoms with Gasteiger partial charge in [0, 0.05) is 5.56 Å². The number of nitrogens with zero attached hydrogens (tertiary/aromatic N) is 2. The van der Waals surface area contributed by atoms with E-state index in [1.165, 1.54) is 0 Å². The minimum absolute atomic E-state index is 0.158. The van der Waals surface area contributed by atoms with E-state index in [2.05, 4.69) is 4.98 Å². The quantitative estimate of drug-likeness (QED) is 0.825. The number of benzene rings is 1. The SMILES string of the molecule is Cc1nc2c(c(=O)n1Cc1ccccc1)CCCC2. The molecule has 0 saturated heterocycles. The Hall–Kier alpha value is -1.90. The summed E-state index contributed by atoms with van der Waals surface area (Å²) >= 11 is 0. The molecule has 1 aliphatic rings. The molecule has 0 amide bonds. The summed E-state index contributed by atoms with van der Waals surface area (Å²) in [6.45, 7) is 2.55. The van der Waals surface area contributed by atoms with Crippen molar-refractivity contribution in [2.24, 2.45) is 0 Å². The molecule has 98 valence electrons. The van der Waals surface area contributed by atoms with E-state index in [0.717, 1.165) is 48.3 Å². The number of fused-ring (bicyclic) bond motifs is 1. The highest BCUT2D eigenvalue weighted by molar-refractivity contribution is 5.23. The standard InChI is InChI=1S/C16H18N2O/c1-12-17-15-10-6-5-9-14(15)16(19)18(12)11-13-7-3-2-4-8-13/h2-4,7-8H,5-6,9-11H2,1H3. The van der Waals surface area contributed by atoms with Gasteiger partial charge in [0.05, 0.1) is 12.2 Å². The highest BCUT2D eigenvalue weighted by atomic mass is 16.1. The lowest BCUT2D eigenvalue weighted by molar-refractivity contribution is 0.608. The molecule has 3 nitrogen and oxygen atoms in total. The van der Waals surface area contributed by atoms with E-state index in [9.17, 15) is 4.79 Å². The van der Waals surface area contributed by atoms with Crippen LogP contribution in [0.4, 0.5) is 0 Å². The lowest BCUT2D eigenvalue weighted by atomic mass is 9.97. The maximum atomic E-state index is 12.6. The van der Waals surface area contributed by atoms with Crippen molar-refractivity contribution in [2.75, 3.05) is 0 Å². The first-order chi connectivity index (χ1) is 9.25. The summed E-state index contributed by atoms with van der Waals surface area (Å²) in [4.78, 5) is 17.2. The first-order valence-electron chi connectivity index (χ1n) is 6.89. The van der Waals surface area contributed by atoms with E-state index in [-0.39, 0.29) is 5.56 Å². The zero-order valence-corrected chi connectivity index (χ0v) is 11.2. The van der Waals surface area contributed by atoms with Crippen molar-refractivity contribution in [3.05, 3.63) is 63.3 Å². The zero-order chi connectivity index (χ0) is 13.2. The van der Waals surface area contributed by atoms with E-state index in [1.54, 1.807) is 4.57 Å². The van der Waals surface area contributed by atoms with Crippen LogP contribution in [-0.4, -0.2) is 9.55 Å². The molecule has 0 atom stereocenters. The van der Waals surface area contributed by atoms with Crippen LogP contribution in [0.1, 0.15) is 35.5 Å². The second-order valence-corrected chi connectivity index (χ2v) is 5.17. The van der Waals surface area contributed by atoms with E-state index in [0.29, 0.717) is 6.54 Å². The third-order valence-electron chi connectivity index (χ3n) is 3.81. The Balaban J connectivity index is 2.04. The largest absolute Gasteiger partial charge is 0.292 e. The fourth-order valence-corrected chi connectivity index (χ4v) is 2.76. The molecule has 0 saturated carbocycles. The summed E-state index contributed by atoms with van der Waals surface area (Å²) < 4.78 is 1.81. The van der Waals surface area contributed by atoms with E-state index < -0.39 is 0 Å². The van der Waals surface area contributed by atoms with Gasteiger partial charge in [-0.2, -0.15) is 0 Å². The molecule has 0 radical (unpaired) electrons. The van der Waals surface area contributed by atoms with Crippen LogP contribution < -0.4 is 5.56 Å². The lowest BCUT2D eigenvalue weighted by Gasteiger charge is -2.18. The molecule has 1 aliphatic carbocycles. The van der Waals surface area contributed by atoms with Crippen LogP contribution >= 0.6 is 0 Å². The van der Waals surface area contributed by atoms with Crippen molar-refractivity contribution in [2.45, 2.75) is 39.2 Å². The summed E-state index contributed by atoms with van der Waals surface area (Å²) in [6.07, 6.45) is 4.10. The Morgan fingerprint density at radius 2 is 1.89 bits per heavy atom. The molecule has 3 rings (SSSR count).